The summed E-state index contributed by atoms with van der Waals surface area (Å²) in [4.78, 5) is 12.9. The number of halogens is 1. The van der Waals surface area contributed by atoms with E-state index in [1.165, 1.54) is 9.08 Å². The van der Waals surface area contributed by atoms with Crippen LogP contribution in [0.3, 0.4) is 0 Å². The molecule has 0 fully saturated rings. The Balaban J connectivity index is 1.49. The van der Waals surface area contributed by atoms with Crippen molar-refractivity contribution < 1.29 is 4.74 Å². The van der Waals surface area contributed by atoms with Crippen LogP contribution in [0, 0.1) is 0 Å². The molecular weight excluding hydrogens is 426 g/mol. The Bertz CT molecular complexity index is 1450. The molecule has 0 aliphatic carbocycles. The van der Waals surface area contributed by atoms with Gasteiger partial charge in [0.2, 0.25) is 0 Å². The minimum atomic E-state index is -0.223. The summed E-state index contributed by atoms with van der Waals surface area (Å²) in [5.41, 5.74) is 3.67. The van der Waals surface area contributed by atoms with Gasteiger partial charge in [0.25, 0.3) is 0 Å². The summed E-state index contributed by atoms with van der Waals surface area (Å²) >= 11 is 6.26. The Morgan fingerprint density at radius 2 is 1.84 bits per heavy atom. The van der Waals surface area contributed by atoms with Crippen molar-refractivity contribution in [2.75, 3.05) is 6.61 Å². The van der Waals surface area contributed by atoms with Crippen molar-refractivity contribution in [3.05, 3.63) is 88.1 Å². The van der Waals surface area contributed by atoms with Gasteiger partial charge in [-0.15, -0.1) is 5.10 Å². The summed E-state index contributed by atoms with van der Waals surface area (Å²) in [6, 6.07) is 17.3. The number of benzene rings is 2. The van der Waals surface area contributed by atoms with Gasteiger partial charge in [0.05, 0.1) is 18.8 Å². The second kappa shape index (κ2) is 8.51. The number of unbranched alkanes of at least 4 members (excludes halogenated alkanes) is 1. The zero-order valence-electron chi connectivity index (χ0n) is 17.6. The third-order valence-corrected chi connectivity index (χ3v) is 5.76. The predicted molar refractivity (Wildman–Crippen MR) is 125 cm³/mol. The summed E-state index contributed by atoms with van der Waals surface area (Å²) in [6.45, 7) is 3.15. The van der Waals surface area contributed by atoms with Crippen molar-refractivity contribution in [1.82, 2.24) is 23.8 Å². The zero-order chi connectivity index (χ0) is 22.1. The molecule has 3 aromatic heterocycles. The molecule has 0 radical (unpaired) electrons. The first-order chi connectivity index (χ1) is 15.6. The summed E-state index contributed by atoms with van der Waals surface area (Å²) in [7, 11) is 0. The Labute approximate surface area is 189 Å². The number of hydrogen-bond acceptors (Lipinski definition) is 4. The fraction of sp³-hybridized carbons (Fsp3) is 0.208. The second-order valence-electron chi connectivity index (χ2n) is 7.61. The Hall–Kier alpha value is -3.58. The molecule has 0 aliphatic heterocycles. The van der Waals surface area contributed by atoms with E-state index in [4.69, 9.17) is 16.3 Å². The molecule has 2 aromatic carbocycles. The largest absolute Gasteiger partial charge is 0.494 e. The van der Waals surface area contributed by atoms with E-state index in [0.717, 1.165) is 40.9 Å². The quantitative estimate of drug-likeness (QED) is 0.339. The van der Waals surface area contributed by atoms with Gasteiger partial charge in [-0.3, -0.25) is 0 Å². The van der Waals surface area contributed by atoms with Crippen LogP contribution in [-0.2, 0) is 6.54 Å². The fourth-order valence-corrected chi connectivity index (χ4v) is 3.82. The van der Waals surface area contributed by atoms with E-state index in [-0.39, 0.29) is 5.69 Å². The number of aromatic nitrogens is 5. The van der Waals surface area contributed by atoms with Crippen LogP contribution in [0.2, 0.25) is 5.02 Å². The van der Waals surface area contributed by atoms with E-state index in [1.54, 1.807) is 23.0 Å². The molecule has 5 rings (SSSR count). The summed E-state index contributed by atoms with van der Waals surface area (Å²) in [5.74, 6) is 0.846. The van der Waals surface area contributed by atoms with Crippen LogP contribution in [0.4, 0.5) is 0 Å². The van der Waals surface area contributed by atoms with Crippen LogP contribution >= 0.6 is 11.6 Å². The molecular formula is C24H22ClN5O2. The van der Waals surface area contributed by atoms with E-state index in [1.807, 2.05) is 48.5 Å². The molecule has 0 aliphatic rings. The van der Waals surface area contributed by atoms with Gasteiger partial charge in [-0.2, -0.15) is 5.10 Å². The molecule has 162 valence electrons. The number of rotatable bonds is 7. The second-order valence-corrected chi connectivity index (χ2v) is 8.02. The van der Waals surface area contributed by atoms with Crippen molar-refractivity contribution in [3.8, 4) is 17.0 Å². The van der Waals surface area contributed by atoms with Gasteiger partial charge in [-0.25, -0.2) is 18.4 Å². The van der Waals surface area contributed by atoms with Gasteiger partial charge in [0, 0.05) is 23.0 Å². The van der Waals surface area contributed by atoms with E-state index >= 15 is 0 Å². The highest BCUT2D eigenvalue weighted by atomic mass is 35.5. The minimum Gasteiger partial charge on any atom is -0.494 e. The lowest BCUT2D eigenvalue weighted by Crippen LogP contribution is -2.21. The van der Waals surface area contributed by atoms with Crippen LogP contribution in [0.5, 0.6) is 5.75 Å². The monoisotopic (exact) mass is 447 g/mol. The minimum absolute atomic E-state index is 0.223. The SMILES string of the molecule is CCCCOc1ccc(-c2cc3c4nn(Cc5ccccc5Cl)c(=O)n4ccn3n2)cc1. The molecule has 0 atom stereocenters. The van der Waals surface area contributed by atoms with Crippen LogP contribution in [0.15, 0.2) is 71.8 Å². The van der Waals surface area contributed by atoms with E-state index in [9.17, 15) is 4.79 Å². The maximum absolute atomic E-state index is 12.9. The molecule has 5 aromatic rings. The maximum Gasteiger partial charge on any atom is 0.350 e. The summed E-state index contributed by atoms with van der Waals surface area (Å²) < 4.78 is 10.4. The molecule has 0 spiro atoms. The van der Waals surface area contributed by atoms with Gasteiger partial charge < -0.3 is 4.74 Å². The van der Waals surface area contributed by atoms with Crippen LogP contribution in [-0.4, -0.2) is 30.4 Å². The van der Waals surface area contributed by atoms with Crippen molar-refractivity contribution >= 4 is 22.8 Å². The highest BCUT2D eigenvalue weighted by Crippen LogP contribution is 2.24. The topological polar surface area (TPSA) is 65.8 Å². The third-order valence-electron chi connectivity index (χ3n) is 5.39. The van der Waals surface area contributed by atoms with Crippen molar-refractivity contribution in [2.45, 2.75) is 26.3 Å². The molecule has 0 unspecified atom stereocenters. The standard InChI is InChI=1S/C24H22ClN5O2/c1-2-3-14-32-19-10-8-17(9-11-19)21-15-22-23-27-30(16-18-6-4-5-7-20(18)25)24(31)28(23)12-13-29(22)26-21/h4-13,15H,2-3,14,16H2,1H3. The van der Waals surface area contributed by atoms with E-state index < -0.39 is 0 Å². The molecule has 0 bridgehead atoms. The maximum atomic E-state index is 12.9. The normalized spacial score (nSPS) is 11.4. The van der Waals surface area contributed by atoms with Gasteiger partial charge >= 0.3 is 5.69 Å². The molecule has 0 amide bonds. The predicted octanol–water partition coefficient (Wildman–Crippen LogP) is 4.69. The molecule has 7 nitrogen and oxygen atoms in total. The average molecular weight is 448 g/mol. The average Bonchev–Trinajstić information content (AvgIpc) is 3.38. The molecule has 0 saturated carbocycles. The lowest BCUT2D eigenvalue weighted by Gasteiger charge is -2.05. The Morgan fingerprint density at radius 1 is 1.03 bits per heavy atom. The molecule has 8 heteroatoms. The van der Waals surface area contributed by atoms with Crippen molar-refractivity contribution in [3.63, 3.8) is 0 Å². The van der Waals surface area contributed by atoms with E-state index in [0.29, 0.717) is 23.8 Å². The first-order valence-corrected chi connectivity index (χ1v) is 11.0. The van der Waals surface area contributed by atoms with Gasteiger partial charge in [-0.1, -0.05) is 43.1 Å². The van der Waals surface area contributed by atoms with Crippen molar-refractivity contribution in [2.24, 2.45) is 0 Å². The highest BCUT2D eigenvalue weighted by molar-refractivity contribution is 6.31. The molecule has 0 N–H and O–H groups in total. The first kappa shape index (κ1) is 20.3. The summed E-state index contributed by atoms with van der Waals surface area (Å²) in [5, 5.41) is 9.84. The molecule has 32 heavy (non-hydrogen) atoms. The Morgan fingerprint density at radius 3 is 2.62 bits per heavy atom. The van der Waals surface area contributed by atoms with Gasteiger partial charge in [0.1, 0.15) is 11.3 Å². The van der Waals surface area contributed by atoms with Crippen LogP contribution in [0.25, 0.3) is 22.4 Å². The zero-order valence-corrected chi connectivity index (χ0v) is 18.4. The highest BCUT2D eigenvalue weighted by Gasteiger charge is 2.14. The van der Waals surface area contributed by atoms with Gasteiger partial charge in [0.15, 0.2) is 5.65 Å². The first-order valence-electron chi connectivity index (χ1n) is 10.6. The lowest BCUT2D eigenvalue weighted by atomic mass is 10.1. The third kappa shape index (κ3) is 3.76. The number of nitrogens with zero attached hydrogens (tertiary/aromatic N) is 5. The van der Waals surface area contributed by atoms with Crippen LogP contribution in [0.1, 0.15) is 25.3 Å². The number of fused-ring (bicyclic) bond motifs is 3. The molecule has 0 saturated heterocycles. The Kier molecular flexibility index (Phi) is 5.41. The fourth-order valence-electron chi connectivity index (χ4n) is 3.62. The lowest BCUT2D eigenvalue weighted by molar-refractivity contribution is 0.309. The number of hydrogen-bond donors (Lipinski definition) is 0. The number of ether oxygens (including phenoxy) is 1. The summed E-state index contributed by atoms with van der Waals surface area (Å²) in [6.07, 6.45) is 5.58. The smallest absolute Gasteiger partial charge is 0.350 e. The van der Waals surface area contributed by atoms with Crippen molar-refractivity contribution in [1.29, 1.82) is 0 Å². The van der Waals surface area contributed by atoms with E-state index in [2.05, 4.69) is 17.1 Å². The van der Waals surface area contributed by atoms with Crippen LogP contribution < -0.4 is 10.4 Å². The molecule has 3 heterocycles. The van der Waals surface area contributed by atoms with Gasteiger partial charge in [-0.05, 0) is 48.4 Å².